The molecule has 2 rings (SSSR count). The van der Waals surface area contributed by atoms with Crippen LogP contribution in [0.4, 0.5) is 0 Å². The number of ether oxygens (including phenoxy) is 1. The molecule has 0 bridgehead atoms. The number of hydrogen-bond acceptors (Lipinski definition) is 3. The molecule has 0 N–H and O–H groups in total. The molecule has 104 valence electrons. The Balaban J connectivity index is 2.03. The standard InChI is InChI=1S/C15H20BrNO2/c1-15(2,17-7-9-19-10-8-17)14(18)11-12-3-5-13(16)6-4-12/h3-6H,7-11H2,1-2H3. The minimum absolute atomic E-state index is 0.261. The first kappa shape index (κ1) is 14.7. The van der Waals surface area contributed by atoms with Crippen molar-refractivity contribution >= 4 is 21.7 Å². The lowest BCUT2D eigenvalue weighted by Crippen LogP contribution is -2.54. The van der Waals surface area contributed by atoms with Crippen molar-refractivity contribution in [1.29, 1.82) is 0 Å². The van der Waals surface area contributed by atoms with Gasteiger partial charge in [-0.05, 0) is 31.5 Å². The van der Waals surface area contributed by atoms with Crippen LogP contribution in [0.2, 0.25) is 0 Å². The zero-order valence-electron chi connectivity index (χ0n) is 11.5. The molecule has 1 aliphatic heterocycles. The Morgan fingerprint density at radius 2 is 1.84 bits per heavy atom. The SMILES string of the molecule is CC(C)(C(=O)Cc1ccc(Br)cc1)N1CCOCC1. The van der Waals surface area contributed by atoms with Crippen molar-refractivity contribution in [1.82, 2.24) is 4.90 Å². The molecule has 0 saturated carbocycles. The van der Waals surface area contributed by atoms with E-state index in [0.29, 0.717) is 6.42 Å². The highest BCUT2D eigenvalue weighted by molar-refractivity contribution is 9.10. The summed E-state index contributed by atoms with van der Waals surface area (Å²) in [6.45, 7) is 7.13. The van der Waals surface area contributed by atoms with E-state index in [9.17, 15) is 4.79 Å². The predicted molar refractivity (Wildman–Crippen MR) is 79.3 cm³/mol. The summed E-state index contributed by atoms with van der Waals surface area (Å²) < 4.78 is 6.39. The van der Waals surface area contributed by atoms with Crippen LogP contribution in [-0.4, -0.2) is 42.5 Å². The van der Waals surface area contributed by atoms with Gasteiger partial charge in [0.1, 0.15) is 0 Å². The van der Waals surface area contributed by atoms with Crippen LogP contribution in [-0.2, 0) is 16.0 Å². The Morgan fingerprint density at radius 3 is 2.42 bits per heavy atom. The van der Waals surface area contributed by atoms with Crippen LogP contribution < -0.4 is 0 Å². The molecule has 19 heavy (non-hydrogen) atoms. The molecule has 1 aliphatic rings. The highest BCUT2D eigenvalue weighted by Gasteiger charge is 2.34. The maximum atomic E-state index is 12.5. The van der Waals surface area contributed by atoms with Gasteiger partial charge in [-0.15, -0.1) is 0 Å². The van der Waals surface area contributed by atoms with Crippen molar-refractivity contribution in [2.45, 2.75) is 25.8 Å². The largest absolute Gasteiger partial charge is 0.379 e. The van der Waals surface area contributed by atoms with Crippen LogP contribution in [0.25, 0.3) is 0 Å². The second-order valence-corrected chi connectivity index (χ2v) is 6.30. The second-order valence-electron chi connectivity index (χ2n) is 5.38. The van der Waals surface area contributed by atoms with Crippen molar-refractivity contribution < 1.29 is 9.53 Å². The average molecular weight is 326 g/mol. The summed E-state index contributed by atoms with van der Waals surface area (Å²) in [4.78, 5) is 14.7. The molecule has 4 heteroatoms. The van der Waals surface area contributed by atoms with E-state index in [0.717, 1.165) is 36.3 Å². The zero-order chi connectivity index (χ0) is 13.9. The van der Waals surface area contributed by atoms with Crippen molar-refractivity contribution in [2.75, 3.05) is 26.3 Å². The van der Waals surface area contributed by atoms with Gasteiger partial charge in [-0.3, -0.25) is 9.69 Å². The first-order valence-corrected chi connectivity index (χ1v) is 7.40. The van der Waals surface area contributed by atoms with Gasteiger partial charge in [0.15, 0.2) is 5.78 Å². The summed E-state index contributed by atoms with van der Waals surface area (Å²) in [5.74, 6) is 0.261. The lowest BCUT2D eigenvalue weighted by atomic mass is 9.91. The van der Waals surface area contributed by atoms with Gasteiger partial charge < -0.3 is 4.74 Å². The van der Waals surface area contributed by atoms with E-state index in [1.807, 2.05) is 38.1 Å². The Bertz CT molecular complexity index is 436. The summed E-state index contributed by atoms with van der Waals surface area (Å²) in [7, 11) is 0. The van der Waals surface area contributed by atoms with Crippen LogP contribution in [0.15, 0.2) is 28.7 Å². The number of halogens is 1. The molecule has 1 saturated heterocycles. The molecular formula is C15H20BrNO2. The van der Waals surface area contributed by atoms with Crippen LogP contribution >= 0.6 is 15.9 Å². The Labute approximate surface area is 123 Å². The van der Waals surface area contributed by atoms with Crippen molar-refractivity contribution in [3.8, 4) is 0 Å². The highest BCUT2D eigenvalue weighted by atomic mass is 79.9. The normalized spacial score (nSPS) is 17.4. The van der Waals surface area contributed by atoms with Gasteiger partial charge in [-0.1, -0.05) is 28.1 Å². The fourth-order valence-electron chi connectivity index (χ4n) is 2.30. The lowest BCUT2D eigenvalue weighted by molar-refractivity contribution is -0.131. The highest BCUT2D eigenvalue weighted by Crippen LogP contribution is 2.20. The van der Waals surface area contributed by atoms with Gasteiger partial charge >= 0.3 is 0 Å². The Kier molecular flexibility index (Phi) is 4.76. The third-order valence-corrected chi connectivity index (χ3v) is 4.29. The van der Waals surface area contributed by atoms with E-state index < -0.39 is 5.54 Å². The number of rotatable bonds is 4. The topological polar surface area (TPSA) is 29.5 Å². The van der Waals surface area contributed by atoms with Crippen molar-refractivity contribution in [2.24, 2.45) is 0 Å². The van der Waals surface area contributed by atoms with Crippen molar-refractivity contribution in [3.05, 3.63) is 34.3 Å². The molecular weight excluding hydrogens is 306 g/mol. The third-order valence-electron chi connectivity index (χ3n) is 3.76. The maximum absolute atomic E-state index is 12.5. The smallest absolute Gasteiger partial charge is 0.156 e. The molecule has 0 amide bonds. The summed E-state index contributed by atoms with van der Waals surface area (Å²) in [5.41, 5.74) is 0.645. The molecule has 0 aromatic heterocycles. The molecule has 0 radical (unpaired) electrons. The number of hydrogen-bond donors (Lipinski definition) is 0. The van der Waals surface area contributed by atoms with Gasteiger partial charge in [-0.25, -0.2) is 0 Å². The Hall–Kier alpha value is -0.710. The number of ketones is 1. The van der Waals surface area contributed by atoms with Gasteiger partial charge in [0.05, 0.1) is 18.8 Å². The van der Waals surface area contributed by atoms with Crippen LogP contribution in [0.5, 0.6) is 0 Å². The van der Waals surface area contributed by atoms with E-state index in [4.69, 9.17) is 4.74 Å². The Morgan fingerprint density at radius 1 is 1.26 bits per heavy atom. The molecule has 0 spiro atoms. The summed E-state index contributed by atoms with van der Waals surface area (Å²) in [5, 5.41) is 0. The van der Waals surface area contributed by atoms with E-state index in [2.05, 4.69) is 20.8 Å². The number of benzene rings is 1. The molecule has 1 heterocycles. The third kappa shape index (κ3) is 3.65. The first-order chi connectivity index (χ1) is 9.00. The lowest BCUT2D eigenvalue weighted by Gasteiger charge is -2.39. The van der Waals surface area contributed by atoms with Crippen LogP contribution in [0.3, 0.4) is 0 Å². The average Bonchev–Trinajstić information content (AvgIpc) is 2.42. The summed E-state index contributed by atoms with van der Waals surface area (Å²) >= 11 is 3.41. The predicted octanol–water partition coefficient (Wildman–Crippen LogP) is 2.67. The summed E-state index contributed by atoms with van der Waals surface area (Å²) in [6, 6.07) is 7.95. The van der Waals surface area contributed by atoms with Crippen molar-refractivity contribution in [3.63, 3.8) is 0 Å². The molecule has 3 nitrogen and oxygen atoms in total. The zero-order valence-corrected chi connectivity index (χ0v) is 13.1. The van der Waals surface area contributed by atoms with Gasteiger partial charge in [0.25, 0.3) is 0 Å². The van der Waals surface area contributed by atoms with Gasteiger partial charge in [0, 0.05) is 24.0 Å². The number of Topliss-reactive ketones (excluding diaryl/α,β-unsaturated/α-hetero) is 1. The number of morpholine rings is 1. The van der Waals surface area contributed by atoms with E-state index in [-0.39, 0.29) is 5.78 Å². The monoisotopic (exact) mass is 325 g/mol. The minimum atomic E-state index is -0.420. The fourth-order valence-corrected chi connectivity index (χ4v) is 2.57. The number of carbonyl (C=O) groups is 1. The van der Waals surface area contributed by atoms with E-state index in [1.165, 1.54) is 0 Å². The van der Waals surface area contributed by atoms with Gasteiger partial charge in [-0.2, -0.15) is 0 Å². The van der Waals surface area contributed by atoms with E-state index in [1.54, 1.807) is 0 Å². The maximum Gasteiger partial charge on any atom is 0.156 e. The van der Waals surface area contributed by atoms with Gasteiger partial charge in [0.2, 0.25) is 0 Å². The quantitative estimate of drug-likeness (QED) is 0.852. The van der Waals surface area contributed by atoms with Crippen LogP contribution in [0.1, 0.15) is 19.4 Å². The molecule has 1 fully saturated rings. The van der Waals surface area contributed by atoms with Crippen LogP contribution in [0, 0.1) is 0 Å². The molecule has 0 unspecified atom stereocenters. The number of nitrogens with zero attached hydrogens (tertiary/aromatic N) is 1. The fraction of sp³-hybridized carbons (Fsp3) is 0.533. The molecule has 0 aliphatic carbocycles. The molecule has 0 atom stereocenters. The number of carbonyl (C=O) groups excluding carboxylic acids is 1. The summed E-state index contributed by atoms with van der Waals surface area (Å²) in [6.07, 6.45) is 0.484. The second kappa shape index (κ2) is 6.16. The molecule has 1 aromatic rings. The van der Waals surface area contributed by atoms with E-state index >= 15 is 0 Å². The minimum Gasteiger partial charge on any atom is -0.379 e. The molecule has 1 aromatic carbocycles. The first-order valence-electron chi connectivity index (χ1n) is 6.60.